The third kappa shape index (κ3) is 5.17. The minimum absolute atomic E-state index is 0.105. The molecule has 0 spiro atoms. The molecule has 1 N–H and O–H groups in total. The van der Waals surface area contributed by atoms with Crippen LogP contribution in [-0.2, 0) is 11.2 Å². The number of hydrogen-bond acceptors (Lipinski definition) is 2. The molecule has 1 aromatic rings. The highest BCUT2D eigenvalue weighted by atomic mass is 16.1. The van der Waals surface area contributed by atoms with Gasteiger partial charge in [-0.15, -0.1) is 0 Å². The van der Waals surface area contributed by atoms with Crippen LogP contribution in [-0.4, -0.2) is 12.5 Å². The zero-order valence-corrected chi connectivity index (χ0v) is 10.4. The van der Waals surface area contributed by atoms with Crippen LogP contribution in [0.15, 0.2) is 24.3 Å². The molecule has 0 aliphatic rings. The molecule has 0 atom stereocenters. The number of hydrogen-bond donors (Lipinski definition) is 1. The van der Waals surface area contributed by atoms with Gasteiger partial charge in [-0.3, -0.25) is 4.79 Å². The summed E-state index contributed by atoms with van der Waals surface area (Å²) in [6.45, 7) is 4.71. The fourth-order valence-electron chi connectivity index (χ4n) is 1.54. The largest absolute Gasteiger partial charge is 0.356 e. The van der Waals surface area contributed by atoms with Crippen molar-refractivity contribution in [3.63, 3.8) is 0 Å². The number of nitriles is 1. The van der Waals surface area contributed by atoms with E-state index in [9.17, 15) is 4.79 Å². The Hall–Kier alpha value is -1.82. The van der Waals surface area contributed by atoms with Gasteiger partial charge in [0.2, 0.25) is 5.91 Å². The minimum Gasteiger partial charge on any atom is -0.356 e. The van der Waals surface area contributed by atoms with Crippen molar-refractivity contribution < 1.29 is 4.79 Å². The zero-order chi connectivity index (χ0) is 12.7. The highest BCUT2D eigenvalue weighted by molar-refractivity contribution is 5.76. The summed E-state index contributed by atoms with van der Waals surface area (Å²) in [6, 6.07) is 9.52. The first-order valence-electron chi connectivity index (χ1n) is 5.87. The lowest BCUT2D eigenvalue weighted by atomic mass is 10.1. The Kier molecular flexibility index (Phi) is 5.22. The number of carbonyl (C=O) groups is 1. The van der Waals surface area contributed by atoms with Gasteiger partial charge in [0.1, 0.15) is 0 Å². The number of amides is 1. The molecular weight excluding hydrogens is 212 g/mol. The lowest BCUT2D eigenvalue weighted by Crippen LogP contribution is -2.26. The predicted molar refractivity (Wildman–Crippen MR) is 67.3 cm³/mol. The van der Waals surface area contributed by atoms with E-state index >= 15 is 0 Å². The van der Waals surface area contributed by atoms with Crippen molar-refractivity contribution in [3.8, 4) is 6.07 Å². The lowest BCUT2D eigenvalue weighted by molar-refractivity contribution is -0.121. The standard InChI is InChI=1S/C14H18N2O/c1-11(2)9-14(17)16-8-7-12-3-5-13(10-15)6-4-12/h3-6,11H,7-9H2,1-2H3,(H,16,17). The Morgan fingerprint density at radius 2 is 2.00 bits per heavy atom. The average molecular weight is 230 g/mol. The van der Waals surface area contributed by atoms with Gasteiger partial charge in [-0.1, -0.05) is 26.0 Å². The van der Waals surface area contributed by atoms with Crippen molar-refractivity contribution in [2.45, 2.75) is 26.7 Å². The molecule has 0 radical (unpaired) electrons. The summed E-state index contributed by atoms with van der Waals surface area (Å²) >= 11 is 0. The summed E-state index contributed by atoms with van der Waals surface area (Å²) < 4.78 is 0. The van der Waals surface area contributed by atoms with Crippen molar-refractivity contribution >= 4 is 5.91 Å². The van der Waals surface area contributed by atoms with Crippen LogP contribution >= 0.6 is 0 Å². The van der Waals surface area contributed by atoms with Crippen LogP contribution in [0.1, 0.15) is 31.4 Å². The van der Waals surface area contributed by atoms with Gasteiger partial charge >= 0.3 is 0 Å². The van der Waals surface area contributed by atoms with E-state index in [1.165, 1.54) is 0 Å². The third-order valence-corrected chi connectivity index (χ3v) is 2.41. The van der Waals surface area contributed by atoms with Crippen molar-refractivity contribution in [3.05, 3.63) is 35.4 Å². The molecule has 1 amide bonds. The van der Waals surface area contributed by atoms with Gasteiger partial charge in [0.25, 0.3) is 0 Å². The van der Waals surface area contributed by atoms with Gasteiger partial charge < -0.3 is 5.32 Å². The molecule has 0 aliphatic heterocycles. The molecule has 0 saturated carbocycles. The van der Waals surface area contributed by atoms with E-state index in [1.807, 2.05) is 26.0 Å². The molecule has 90 valence electrons. The van der Waals surface area contributed by atoms with E-state index in [-0.39, 0.29) is 5.91 Å². The summed E-state index contributed by atoms with van der Waals surface area (Å²) in [5.41, 5.74) is 1.80. The van der Waals surface area contributed by atoms with Crippen LogP contribution in [0.3, 0.4) is 0 Å². The van der Waals surface area contributed by atoms with E-state index in [2.05, 4.69) is 11.4 Å². The second kappa shape index (κ2) is 6.70. The van der Waals surface area contributed by atoms with Crippen LogP contribution in [0.2, 0.25) is 0 Å². The van der Waals surface area contributed by atoms with E-state index in [0.29, 0.717) is 24.4 Å². The molecule has 0 fully saturated rings. The van der Waals surface area contributed by atoms with Gasteiger partial charge in [0.05, 0.1) is 11.6 Å². The van der Waals surface area contributed by atoms with E-state index < -0.39 is 0 Å². The highest BCUT2D eigenvalue weighted by Crippen LogP contribution is 2.04. The van der Waals surface area contributed by atoms with Gasteiger partial charge in [0.15, 0.2) is 0 Å². The first kappa shape index (κ1) is 13.2. The summed E-state index contributed by atoms with van der Waals surface area (Å²) in [6.07, 6.45) is 1.38. The number of benzene rings is 1. The van der Waals surface area contributed by atoms with Gasteiger partial charge in [0, 0.05) is 13.0 Å². The van der Waals surface area contributed by atoms with E-state index in [0.717, 1.165) is 12.0 Å². The summed E-state index contributed by atoms with van der Waals surface area (Å²) in [5, 5.41) is 11.5. The fourth-order valence-corrected chi connectivity index (χ4v) is 1.54. The summed E-state index contributed by atoms with van der Waals surface area (Å²) in [5.74, 6) is 0.499. The summed E-state index contributed by atoms with van der Waals surface area (Å²) in [7, 11) is 0. The Labute approximate surface area is 102 Å². The van der Waals surface area contributed by atoms with Crippen molar-refractivity contribution in [2.75, 3.05) is 6.54 Å². The molecule has 0 bridgehead atoms. The summed E-state index contributed by atoms with van der Waals surface area (Å²) in [4.78, 5) is 11.4. The first-order valence-corrected chi connectivity index (χ1v) is 5.87. The van der Waals surface area contributed by atoms with Crippen molar-refractivity contribution in [1.82, 2.24) is 5.32 Å². The fraction of sp³-hybridized carbons (Fsp3) is 0.429. The Bertz CT molecular complexity index is 401. The number of carbonyl (C=O) groups excluding carboxylic acids is 1. The molecule has 0 aliphatic carbocycles. The molecule has 1 aromatic carbocycles. The number of rotatable bonds is 5. The van der Waals surface area contributed by atoms with Crippen LogP contribution in [0.4, 0.5) is 0 Å². The Morgan fingerprint density at radius 1 is 1.35 bits per heavy atom. The van der Waals surface area contributed by atoms with Gasteiger partial charge in [-0.25, -0.2) is 0 Å². The Morgan fingerprint density at radius 3 is 2.53 bits per heavy atom. The van der Waals surface area contributed by atoms with E-state index in [4.69, 9.17) is 5.26 Å². The molecule has 0 heterocycles. The molecule has 0 aromatic heterocycles. The first-order chi connectivity index (χ1) is 8.11. The maximum absolute atomic E-state index is 11.4. The number of nitrogens with one attached hydrogen (secondary N) is 1. The van der Waals surface area contributed by atoms with Gasteiger partial charge in [-0.05, 0) is 30.0 Å². The van der Waals surface area contributed by atoms with Crippen LogP contribution in [0.5, 0.6) is 0 Å². The molecule has 17 heavy (non-hydrogen) atoms. The second-order valence-corrected chi connectivity index (χ2v) is 4.51. The smallest absolute Gasteiger partial charge is 0.220 e. The zero-order valence-electron chi connectivity index (χ0n) is 10.4. The molecule has 1 rings (SSSR count). The SMILES string of the molecule is CC(C)CC(=O)NCCc1ccc(C#N)cc1. The monoisotopic (exact) mass is 230 g/mol. The van der Waals surface area contributed by atoms with Crippen LogP contribution in [0.25, 0.3) is 0 Å². The van der Waals surface area contributed by atoms with Crippen molar-refractivity contribution in [2.24, 2.45) is 5.92 Å². The second-order valence-electron chi connectivity index (χ2n) is 4.51. The predicted octanol–water partition coefficient (Wildman–Crippen LogP) is 2.26. The lowest BCUT2D eigenvalue weighted by Gasteiger charge is -2.07. The van der Waals surface area contributed by atoms with E-state index in [1.54, 1.807) is 12.1 Å². The molecule has 0 unspecified atom stereocenters. The maximum atomic E-state index is 11.4. The normalized spacial score (nSPS) is 10.0. The van der Waals surface area contributed by atoms with Crippen LogP contribution in [0, 0.1) is 17.2 Å². The van der Waals surface area contributed by atoms with Crippen LogP contribution < -0.4 is 5.32 Å². The minimum atomic E-state index is 0.105. The van der Waals surface area contributed by atoms with Gasteiger partial charge in [-0.2, -0.15) is 5.26 Å². The molecule has 3 nitrogen and oxygen atoms in total. The average Bonchev–Trinajstić information content (AvgIpc) is 2.29. The maximum Gasteiger partial charge on any atom is 0.220 e. The molecular formula is C14H18N2O. The topological polar surface area (TPSA) is 52.9 Å². The number of nitrogens with zero attached hydrogens (tertiary/aromatic N) is 1. The third-order valence-electron chi connectivity index (χ3n) is 2.41. The highest BCUT2D eigenvalue weighted by Gasteiger charge is 2.03. The quantitative estimate of drug-likeness (QED) is 0.843. The Balaban J connectivity index is 2.31. The van der Waals surface area contributed by atoms with Crippen molar-refractivity contribution in [1.29, 1.82) is 5.26 Å². The molecule has 0 saturated heterocycles. The molecule has 3 heteroatoms.